The number of carbonyl (C=O) groups is 2. The number of methoxy groups -OCH3 is 1. The molecule has 1 heterocycles. The van der Waals surface area contributed by atoms with E-state index in [-0.39, 0.29) is 18.3 Å². The number of aromatic carboxylic acids is 1. The van der Waals surface area contributed by atoms with Crippen LogP contribution >= 0.6 is 0 Å². The monoisotopic (exact) mass is 281 g/mol. The number of nitrogens with one attached hydrogen (secondary N) is 2. The summed E-state index contributed by atoms with van der Waals surface area (Å²) in [7, 11) is 1.58. The molecule has 1 aromatic rings. The Hall–Kier alpha value is -2.15. The van der Waals surface area contributed by atoms with Gasteiger partial charge in [0.2, 0.25) is 0 Å². The first-order chi connectivity index (χ1) is 9.34. The second-order valence-electron chi connectivity index (χ2n) is 4.86. The Bertz CT molecular complexity index is 471. The van der Waals surface area contributed by atoms with Crippen LogP contribution in [-0.4, -0.2) is 41.3 Å². The zero-order chi connectivity index (χ0) is 15.2. The van der Waals surface area contributed by atoms with Crippen LogP contribution in [0, 0.1) is 0 Å². The Morgan fingerprint density at radius 2 is 2.05 bits per heavy atom. The standard InChI is InChI=1S/C13H19N3O4/c1-13(2,20-3)8-16-12(19)15-7-9-4-5-10(11(17)18)14-6-9/h4-6H,7-8H2,1-3H3,(H,17,18)(H2,15,16,19). The number of ether oxygens (including phenoxy) is 1. The number of pyridine rings is 1. The third-order valence-electron chi connectivity index (χ3n) is 2.72. The first-order valence-corrected chi connectivity index (χ1v) is 6.09. The third kappa shape index (κ3) is 5.23. The molecule has 0 atom stereocenters. The second-order valence-corrected chi connectivity index (χ2v) is 4.86. The van der Waals surface area contributed by atoms with Gasteiger partial charge in [0.05, 0.1) is 5.60 Å². The smallest absolute Gasteiger partial charge is 0.354 e. The Morgan fingerprint density at radius 3 is 2.55 bits per heavy atom. The van der Waals surface area contributed by atoms with Gasteiger partial charge in [-0.15, -0.1) is 0 Å². The van der Waals surface area contributed by atoms with E-state index in [2.05, 4.69) is 15.6 Å². The number of hydrogen-bond donors (Lipinski definition) is 3. The van der Waals surface area contributed by atoms with Gasteiger partial charge in [0.15, 0.2) is 0 Å². The minimum absolute atomic E-state index is 0.0277. The largest absolute Gasteiger partial charge is 0.477 e. The third-order valence-corrected chi connectivity index (χ3v) is 2.72. The van der Waals surface area contributed by atoms with Crippen LogP contribution in [0.3, 0.4) is 0 Å². The molecule has 110 valence electrons. The molecule has 0 radical (unpaired) electrons. The molecule has 0 bridgehead atoms. The molecule has 0 spiro atoms. The van der Waals surface area contributed by atoms with Crippen molar-refractivity contribution in [2.75, 3.05) is 13.7 Å². The highest BCUT2D eigenvalue weighted by atomic mass is 16.5. The second kappa shape index (κ2) is 6.85. The number of aromatic nitrogens is 1. The van der Waals surface area contributed by atoms with Crippen molar-refractivity contribution in [3.8, 4) is 0 Å². The molecule has 0 saturated heterocycles. The van der Waals surface area contributed by atoms with E-state index < -0.39 is 11.6 Å². The fraction of sp³-hybridized carbons (Fsp3) is 0.462. The molecule has 0 saturated carbocycles. The predicted molar refractivity (Wildman–Crippen MR) is 72.5 cm³/mol. The van der Waals surface area contributed by atoms with Crippen molar-refractivity contribution in [3.63, 3.8) is 0 Å². The number of carboxylic acids is 1. The summed E-state index contributed by atoms with van der Waals surface area (Å²) in [5.74, 6) is -1.08. The molecule has 1 rings (SSSR count). The SMILES string of the molecule is COC(C)(C)CNC(=O)NCc1ccc(C(=O)O)nc1. The summed E-state index contributed by atoms with van der Waals surface area (Å²) in [4.78, 5) is 26.0. The van der Waals surface area contributed by atoms with Crippen molar-refractivity contribution < 1.29 is 19.4 Å². The van der Waals surface area contributed by atoms with Gasteiger partial charge in [0, 0.05) is 26.4 Å². The van der Waals surface area contributed by atoms with Crippen molar-refractivity contribution in [1.82, 2.24) is 15.6 Å². The summed E-state index contributed by atoms with van der Waals surface area (Å²) in [6.45, 7) is 4.38. The lowest BCUT2D eigenvalue weighted by molar-refractivity contribution is 0.0254. The van der Waals surface area contributed by atoms with E-state index in [4.69, 9.17) is 9.84 Å². The zero-order valence-electron chi connectivity index (χ0n) is 11.8. The van der Waals surface area contributed by atoms with Gasteiger partial charge in [-0.05, 0) is 25.5 Å². The average molecular weight is 281 g/mol. The van der Waals surface area contributed by atoms with Crippen LogP contribution in [0.5, 0.6) is 0 Å². The number of carbonyl (C=O) groups excluding carboxylic acids is 1. The molecule has 0 unspecified atom stereocenters. The quantitative estimate of drug-likeness (QED) is 0.722. The Labute approximate surface area is 117 Å². The maximum atomic E-state index is 11.6. The Morgan fingerprint density at radius 1 is 1.35 bits per heavy atom. The van der Waals surface area contributed by atoms with Gasteiger partial charge in [0.1, 0.15) is 5.69 Å². The highest BCUT2D eigenvalue weighted by Crippen LogP contribution is 2.04. The molecule has 0 aliphatic carbocycles. The van der Waals surface area contributed by atoms with Crippen molar-refractivity contribution in [2.45, 2.75) is 26.0 Å². The average Bonchev–Trinajstić information content (AvgIpc) is 2.43. The molecule has 0 aromatic carbocycles. The molecule has 2 amide bonds. The van der Waals surface area contributed by atoms with Crippen LogP contribution in [0.1, 0.15) is 29.9 Å². The molecule has 7 nitrogen and oxygen atoms in total. The lowest BCUT2D eigenvalue weighted by Gasteiger charge is -2.23. The number of nitrogens with zero attached hydrogens (tertiary/aromatic N) is 1. The van der Waals surface area contributed by atoms with E-state index in [9.17, 15) is 9.59 Å². The summed E-state index contributed by atoms with van der Waals surface area (Å²) in [5, 5.41) is 14.0. The first kappa shape index (κ1) is 15.9. The molecule has 3 N–H and O–H groups in total. The van der Waals surface area contributed by atoms with Gasteiger partial charge < -0.3 is 20.5 Å². The lowest BCUT2D eigenvalue weighted by atomic mass is 10.1. The van der Waals surface area contributed by atoms with E-state index in [0.717, 1.165) is 5.56 Å². The van der Waals surface area contributed by atoms with E-state index in [1.54, 1.807) is 13.2 Å². The van der Waals surface area contributed by atoms with Crippen LogP contribution in [0.25, 0.3) is 0 Å². The molecule has 1 aromatic heterocycles. The number of hydrogen-bond acceptors (Lipinski definition) is 4. The van der Waals surface area contributed by atoms with E-state index >= 15 is 0 Å². The molecule has 20 heavy (non-hydrogen) atoms. The van der Waals surface area contributed by atoms with Crippen LogP contribution < -0.4 is 10.6 Å². The lowest BCUT2D eigenvalue weighted by Crippen LogP contribution is -2.44. The topological polar surface area (TPSA) is 101 Å². The summed E-state index contributed by atoms with van der Waals surface area (Å²) >= 11 is 0. The fourth-order valence-electron chi connectivity index (χ4n) is 1.27. The minimum atomic E-state index is -1.08. The maximum absolute atomic E-state index is 11.6. The first-order valence-electron chi connectivity index (χ1n) is 6.09. The molecule has 0 fully saturated rings. The van der Waals surface area contributed by atoms with Crippen molar-refractivity contribution in [3.05, 3.63) is 29.6 Å². The summed E-state index contributed by atoms with van der Waals surface area (Å²) in [6.07, 6.45) is 1.42. The number of carboxylic acid groups (broad SMARTS) is 1. The van der Waals surface area contributed by atoms with Crippen molar-refractivity contribution in [1.29, 1.82) is 0 Å². The maximum Gasteiger partial charge on any atom is 0.354 e. The van der Waals surface area contributed by atoms with Gasteiger partial charge in [-0.25, -0.2) is 14.6 Å². The molecule has 0 aliphatic rings. The molecular formula is C13H19N3O4. The highest BCUT2D eigenvalue weighted by molar-refractivity contribution is 5.85. The van der Waals surface area contributed by atoms with Gasteiger partial charge in [0.25, 0.3) is 0 Å². The van der Waals surface area contributed by atoms with Crippen molar-refractivity contribution in [2.24, 2.45) is 0 Å². The molecule has 0 aliphatic heterocycles. The van der Waals surface area contributed by atoms with E-state index in [1.165, 1.54) is 12.3 Å². The Kier molecular flexibility index (Phi) is 5.45. The molecular weight excluding hydrogens is 262 g/mol. The van der Waals surface area contributed by atoms with Gasteiger partial charge >= 0.3 is 12.0 Å². The van der Waals surface area contributed by atoms with Crippen LogP contribution in [-0.2, 0) is 11.3 Å². The summed E-state index contributed by atoms with van der Waals surface area (Å²) in [5.41, 5.74) is 0.262. The minimum Gasteiger partial charge on any atom is -0.477 e. The van der Waals surface area contributed by atoms with Crippen LogP contribution in [0.15, 0.2) is 18.3 Å². The summed E-state index contributed by atoms with van der Waals surface area (Å²) in [6, 6.07) is 2.68. The number of rotatable bonds is 6. The normalized spacial score (nSPS) is 10.9. The van der Waals surface area contributed by atoms with Crippen LogP contribution in [0.4, 0.5) is 4.79 Å². The highest BCUT2D eigenvalue weighted by Gasteiger charge is 2.17. The van der Waals surface area contributed by atoms with Crippen molar-refractivity contribution >= 4 is 12.0 Å². The van der Waals surface area contributed by atoms with Gasteiger partial charge in [-0.2, -0.15) is 0 Å². The van der Waals surface area contributed by atoms with E-state index in [0.29, 0.717) is 6.54 Å². The number of urea groups is 1. The molecule has 7 heteroatoms. The zero-order valence-corrected chi connectivity index (χ0v) is 11.8. The number of amides is 2. The summed E-state index contributed by atoms with van der Waals surface area (Å²) < 4.78 is 5.18. The fourth-order valence-corrected chi connectivity index (χ4v) is 1.27. The van der Waals surface area contributed by atoms with Gasteiger partial charge in [-0.1, -0.05) is 6.07 Å². The Balaban J connectivity index is 2.39. The predicted octanol–water partition coefficient (Wildman–Crippen LogP) is 1.00. The van der Waals surface area contributed by atoms with Crippen LogP contribution in [0.2, 0.25) is 0 Å². The van der Waals surface area contributed by atoms with Gasteiger partial charge in [-0.3, -0.25) is 0 Å². The van der Waals surface area contributed by atoms with E-state index in [1.807, 2.05) is 13.8 Å².